The van der Waals surface area contributed by atoms with Gasteiger partial charge in [0.1, 0.15) is 12.7 Å². The lowest BCUT2D eigenvalue weighted by atomic mass is 10.1. The number of likely N-dealkylation sites (tertiary alicyclic amines) is 1. The molecule has 0 radical (unpaired) electrons. The molecule has 1 saturated heterocycles. The number of hydrogen-bond donors (Lipinski definition) is 3. The van der Waals surface area contributed by atoms with Gasteiger partial charge < -0.3 is 15.5 Å². The number of anilines is 3. The number of carbonyl (C=O) groups is 2. The van der Waals surface area contributed by atoms with E-state index in [0.29, 0.717) is 41.4 Å². The van der Waals surface area contributed by atoms with E-state index in [1.807, 2.05) is 0 Å². The van der Waals surface area contributed by atoms with Gasteiger partial charge >= 0.3 is 18.2 Å². The van der Waals surface area contributed by atoms with Crippen LogP contribution in [0.25, 0.3) is 16.9 Å². The van der Waals surface area contributed by atoms with Gasteiger partial charge in [-0.15, -0.1) is 0 Å². The highest BCUT2D eigenvalue weighted by molar-refractivity contribution is 6.31. The van der Waals surface area contributed by atoms with Crippen molar-refractivity contribution in [3.8, 4) is 5.69 Å². The molecule has 3 N–H and O–H groups in total. The van der Waals surface area contributed by atoms with Crippen LogP contribution >= 0.6 is 11.6 Å². The van der Waals surface area contributed by atoms with Crippen molar-refractivity contribution in [3.63, 3.8) is 0 Å². The van der Waals surface area contributed by atoms with E-state index in [-0.39, 0.29) is 11.7 Å². The van der Waals surface area contributed by atoms with E-state index in [2.05, 4.69) is 30.9 Å². The third-order valence-electron chi connectivity index (χ3n) is 6.14. The molecule has 4 amide bonds. The van der Waals surface area contributed by atoms with E-state index in [1.165, 1.54) is 12.4 Å². The molecule has 0 unspecified atom stereocenters. The van der Waals surface area contributed by atoms with Crippen LogP contribution in [0.1, 0.15) is 24.8 Å². The molecule has 2 aromatic heterocycles. The zero-order valence-electron chi connectivity index (χ0n) is 20.3. The fourth-order valence-corrected chi connectivity index (χ4v) is 4.44. The number of benzene rings is 2. The van der Waals surface area contributed by atoms with Crippen molar-refractivity contribution >= 4 is 52.0 Å². The summed E-state index contributed by atoms with van der Waals surface area (Å²) in [5.74, 6) is 0.306. The van der Waals surface area contributed by atoms with Crippen LogP contribution in [0.3, 0.4) is 0 Å². The summed E-state index contributed by atoms with van der Waals surface area (Å²) in [6.45, 7) is 1.39. The Morgan fingerprint density at radius 1 is 0.872 bits per heavy atom. The second-order valence-electron chi connectivity index (χ2n) is 8.81. The molecule has 0 saturated carbocycles. The van der Waals surface area contributed by atoms with Gasteiger partial charge in [-0.25, -0.2) is 24.5 Å². The van der Waals surface area contributed by atoms with Gasteiger partial charge in [0.2, 0.25) is 0 Å². The summed E-state index contributed by atoms with van der Waals surface area (Å²) in [4.78, 5) is 39.6. The number of piperidine rings is 1. The second-order valence-corrected chi connectivity index (χ2v) is 9.21. The molecule has 202 valence electrons. The van der Waals surface area contributed by atoms with Crippen molar-refractivity contribution < 1.29 is 22.8 Å². The monoisotopic (exact) mass is 558 g/mol. The lowest BCUT2D eigenvalue weighted by molar-refractivity contribution is -0.137. The Kier molecular flexibility index (Phi) is 7.24. The zero-order chi connectivity index (χ0) is 27.6. The quantitative estimate of drug-likeness (QED) is 0.278. The molecule has 10 nitrogen and oxygen atoms in total. The molecule has 3 heterocycles. The number of rotatable bonds is 4. The molecule has 0 spiro atoms. The van der Waals surface area contributed by atoms with E-state index in [1.54, 1.807) is 40.1 Å². The minimum absolute atomic E-state index is 0.0615. The van der Waals surface area contributed by atoms with Gasteiger partial charge in [0.05, 0.1) is 10.6 Å². The number of aromatic nitrogens is 4. The third kappa shape index (κ3) is 5.87. The average molecular weight is 559 g/mol. The van der Waals surface area contributed by atoms with Gasteiger partial charge in [-0.1, -0.05) is 11.6 Å². The number of hydrogen-bond acceptors (Lipinski definition) is 5. The SMILES string of the molecule is O=C(Nc1ccc(-n2cnc3c(NC(=O)N4CCCCC4)ncnc32)cc1)Nc1ccc(Cl)c(C(F)(F)F)c1. The molecule has 1 aliphatic heterocycles. The van der Waals surface area contributed by atoms with Crippen LogP contribution in [-0.4, -0.2) is 49.6 Å². The molecule has 14 heteroatoms. The Labute approximate surface area is 225 Å². The van der Waals surface area contributed by atoms with Crippen LogP contribution in [0, 0.1) is 0 Å². The number of carbonyl (C=O) groups excluding carboxylic acids is 2. The highest BCUT2D eigenvalue weighted by Crippen LogP contribution is 2.36. The molecule has 0 bridgehead atoms. The zero-order valence-corrected chi connectivity index (χ0v) is 21.1. The van der Waals surface area contributed by atoms with Crippen LogP contribution in [0.15, 0.2) is 55.1 Å². The number of nitrogens with one attached hydrogen (secondary N) is 3. The number of imidazole rings is 1. The third-order valence-corrected chi connectivity index (χ3v) is 6.46. The van der Waals surface area contributed by atoms with Crippen molar-refractivity contribution in [2.24, 2.45) is 0 Å². The summed E-state index contributed by atoms with van der Waals surface area (Å²) in [5, 5.41) is 7.29. The predicted molar refractivity (Wildman–Crippen MR) is 140 cm³/mol. The summed E-state index contributed by atoms with van der Waals surface area (Å²) >= 11 is 5.62. The summed E-state index contributed by atoms with van der Waals surface area (Å²) < 4.78 is 40.9. The fraction of sp³-hybridized carbons (Fsp3) is 0.240. The topological polar surface area (TPSA) is 117 Å². The maximum atomic E-state index is 13.1. The maximum absolute atomic E-state index is 13.1. The van der Waals surface area contributed by atoms with E-state index in [4.69, 9.17) is 11.6 Å². The number of alkyl halides is 3. The summed E-state index contributed by atoms with van der Waals surface area (Å²) in [5.41, 5.74) is 0.856. The summed E-state index contributed by atoms with van der Waals surface area (Å²) in [6, 6.07) is 8.78. The Hall–Kier alpha value is -4.39. The number of nitrogens with zero attached hydrogens (tertiary/aromatic N) is 5. The Morgan fingerprint density at radius 2 is 1.56 bits per heavy atom. The van der Waals surface area contributed by atoms with Crippen molar-refractivity contribution in [1.82, 2.24) is 24.4 Å². The van der Waals surface area contributed by atoms with Crippen LogP contribution in [0.5, 0.6) is 0 Å². The largest absolute Gasteiger partial charge is 0.417 e. The van der Waals surface area contributed by atoms with Crippen LogP contribution in [0.2, 0.25) is 5.02 Å². The van der Waals surface area contributed by atoms with Gasteiger partial charge in [0.25, 0.3) is 0 Å². The van der Waals surface area contributed by atoms with Crippen LogP contribution < -0.4 is 16.0 Å². The predicted octanol–water partition coefficient (Wildman–Crippen LogP) is 6.15. The van der Waals surface area contributed by atoms with Crippen molar-refractivity contribution in [2.75, 3.05) is 29.0 Å². The Morgan fingerprint density at radius 3 is 2.28 bits per heavy atom. The molecule has 1 aliphatic rings. The summed E-state index contributed by atoms with van der Waals surface area (Å²) in [7, 11) is 0. The van der Waals surface area contributed by atoms with Crippen molar-refractivity contribution in [1.29, 1.82) is 0 Å². The van der Waals surface area contributed by atoms with Gasteiger partial charge in [-0.2, -0.15) is 13.2 Å². The molecule has 4 aromatic rings. The molecular formula is C25H22ClF3N8O2. The lowest BCUT2D eigenvalue weighted by Crippen LogP contribution is -2.38. The minimum atomic E-state index is -4.65. The van der Waals surface area contributed by atoms with Crippen molar-refractivity contribution in [2.45, 2.75) is 25.4 Å². The standard InChI is InChI=1S/C25H22ClF3N8O2/c26-19-9-6-16(12-18(19)25(27,28)29)34-23(38)33-15-4-7-17(8-5-15)37-14-32-20-21(30-13-31-22(20)37)35-24(39)36-10-2-1-3-11-36/h4-9,12-14H,1-3,10-11H2,(H2,33,34,38)(H,30,31,35,39). The average Bonchev–Trinajstić information content (AvgIpc) is 3.35. The van der Waals surface area contributed by atoms with E-state index in [0.717, 1.165) is 31.4 Å². The minimum Gasteiger partial charge on any atom is -0.324 e. The van der Waals surface area contributed by atoms with Crippen molar-refractivity contribution in [3.05, 3.63) is 65.7 Å². The van der Waals surface area contributed by atoms with E-state index < -0.39 is 22.8 Å². The first kappa shape index (κ1) is 26.2. The first-order valence-corrected chi connectivity index (χ1v) is 12.4. The molecular weight excluding hydrogens is 537 g/mol. The Bertz CT molecular complexity index is 1520. The highest BCUT2D eigenvalue weighted by atomic mass is 35.5. The number of urea groups is 2. The fourth-order valence-electron chi connectivity index (χ4n) is 4.21. The van der Waals surface area contributed by atoms with E-state index in [9.17, 15) is 22.8 Å². The van der Waals surface area contributed by atoms with Gasteiger partial charge in [-0.05, 0) is 61.7 Å². The van der Waals surface area contributed by atoms with Crippen LogP contribution in [0.4, 0.5) is 40.0 Å². The smallest absolute Gasteiger partial charge is 0.324 e. The molecule has 39 heavy (non-hydrogen) atoms. The lowest BCUT2D eigenvalue weighted by Gasteiger charge is -2.26. The molecule has 2 aromatic carbocycles. The summed E-state index contributed by atoms with van der Waals surface area (Å²) in [6.07, 6.45) is 1.28. The molecule has 1 fully saturated rings. The second kappa shape index (κ2) is 10.8. The van der Waals surface area contributed by atoms with Gasteiger partial charge in [0.15, 0.2) is 17.0 Å². The van der Waals surface area contributed by atoms with Gasteiger partial charge in [-0.3, -0.25) is 9.88 Å². The normalized spacial score (nSPS) is 13.8. The maximum Gasteiger partial charge on any atom is 0.417 e. The highest BCUT2D eigenvalue weighted by Gasteiger charge is 2.33. The Balaban J connectivity index is 1.27. The molecule has 0 aliphatic carbocycles. The van der Waals surface area contributed by atoms with Crippen LogP contribution in [-0.2, 0) is 6.18 Å². The first-order chi connectivity index (χ1) is 18.7. The molecule has 5 rings (SSSR count). The van der Waals surface area contributed by atoms with Gasteiger partial charge in [0, 0.05) is 30.2 Å². The number of amides is 4. The first-order valence-electron chi connectivity index (χ1n) is 12.0. The number of fused-ring (bicyclic) bond motifs is 1. The van der Waals surface area contributed by atoms with E-state index >= 15 is 0 Å². The number of halogens is 4. The molecule has 0 atom stereocenters.